The van der Waals surface area contributed by atoms with E-state index in [2.05, 4.69) is 57.6 Å². The lowest BCUT2D eigenvalue weighted by molar-refractivity contribution is 0.121. The number of carbonyl (C=O) groups excluding carboxylic acids is 1. The van der Waals surface area contributed by atoms with Crippen LogP contribution in [0.2, 0.25) is 0 Å². The molecule has 2 N–H and O–H groups in total. The summed E-state index contributed by atoms with van der Waals surface area (Å²) in [6.07, 6.45) is 0.484. The van der Waals surface area contributed by atoms with E-state index in [4.69, 9.17) is 10.5 Å². The zero-order valence-electron chi connectivity index (χ0n) is 10.1. The van der Waals surface area contributed by atoms with Gasteiger partial charge in [0.15, 0.2) is 11.6 Å². The number of hydrogen-bond acceptors (Lipinski definition) is 5. The smallest absolute Gasteiger partial charge is 0.437 e. The quantitative estimate of drug-likeness (QED) is 0.675. The fourth-order valence-corrected chi connectivity index (χ4v) is 4.06. The zero-order chi connectivity index (χ0) is 14.9. The third kappa shape index (κ3) is 2.99. The molecular formula is C11H8Br3N3O3. The number of carbonyl (C=O) groups is 1. The molecule has 20 heavy (non-hydrogen) atoms. The van der Waals surface area contributed by atoms with Crippen LogP contribution in [0.5, 0.6) is 5.75 Å². The van der Waals surface area contributed by atoms with E-state index in [1.165, 1.54) is 18.0 Å². The van der Waals surface area contributed by atoms with Gasteiger partial charge in [-0.3, -0.25) is 0 Å². The van der Waals surface area contributed by atoms with Crippen LogP contribution in [0.1, 0.15) is 0 Å². The summed E-state index contributed by atoms with van der Waals surface area (Å²) in [6, 6.07) is 3.70. The molecule has 1 heterocycles. The molecule has 106 valence electrons. The number of aromatic nitrogens is 2. The summed E-state index contributed by atoms with van der Waals surface area (Å²) in [4.78, 5) is 11.1. The molecule has 0 atom stereocenters. The Morgan fingerprint density at radius 3 is 2.45 bits per heavy atom. The summed E-state index contributed by atoms with van der Waals surface area (Å²) in [5.74, 6) is 0.303. The lowest BCUT2D eigenvalue weighted by atomic mass is 10.3. The van der Waals surface area contributed by atoms with Crippen molar-refractivity contribution in [3.8, 4) is 11.4 Å². The van der Waals surface area contributed by atoms with Gasteiger partial charge in [0.05, 0.1) is 19.0 Å². The van der Waals surface area contributed by atoms with Gasteiger partial charge in [0.25, 0.3) is 0 Å². The Balaban J connectivity index is 2.47. The van der Waals surface area contributed by atoms with Crippen LogP contribution < -0.4 is 10.5 Å². The molecule has 9 heteroatoms. The first-order valence-electron chi connectivity index (χ1n) is 5.18. The highest BCUT2D eigenvalue weighted by molar-refractivity contribution is 9.11. The van der Waals surface area contributed by atoms with Gasteiger partial charge in [-0.05, 0) is 44.0 Å². The van der Waals surface area contributed by atoms with Crippen molar-refractivity contribution < 1.29 is 14.3 Å². The van der Waals surface area contributed by atoms with Crippen molar-refractivity contribution in [2.45, 2.75) is 0 Å². The number of methoxy groups -OCH3 is 1. The van der Waals surface area contributed by atoms with Crippen LogP contribution in [0.4, 0.5) is 10.6 Å². The van der Waals surface area contributed by atoms with Crippen LogP contribution in [0, 0.1) is 0 Å². The van der Waals surface area contributed by atoms with Gasteiger partial charge in [0.2, 0.25) is 0 Å². The Morgan fingerprint density at radius 1 is 1.30 bits per heavy atom. The Kier molecular flexibility index (Phi) is 4.71. The molecule has 1 aromatic carbocycles. The Labute approximate surface area is 139 Å². The lowest BCUT2D eigenvalue weighted by Crippen LogP contribution is -2.09. The molecule has 0 unspecified atom stereocenters. The molecule has 6 nitrogen and oxygen atoms in total. The molecule has 0 aliphatic rings. The van der Waals surface area contributed by atoms with Gasteiger partial charge in [-0.2, -0.15) is 5.10 Å². The molecule has 2 rings (SSSR count). The first-order chi connectivity index (χ1) is 9.43. The number of anilines is 1. The first-order valence-corrected chi connectivity index (χ1v) is 7.56. The summed E-state index contributed by atoms with van der Waals surface area (Å²) < 4.78 is 13.2. The molecule has 0 saturated carbocycles. The van der Waals surface area contributed by atoms with Gasteiger partial charge >= 0.3 is 6.16 Å². The van der Waals surface area contributed by atoms with Gasteiger partial charge in [-0.15, -0.1) is 0 Å². The SMILES string of the molecule is COC(=O)Oc1cnn(-c2c(Br)cc(Br)cc2Br)c1N. The van der Waals surface area contributed by atoms with E-state index in [0.717, 1.165) is 13.4 Å². The highest BCUT2D eigenvalue weighted by atomic mass is 79.9. The Bertz CT molecular complexity index is 649. The second-order valence-corrected chi connectivity index (χ2v) is 6.20. The summed E-state index contributed by atoms with van der Waals surface area (Å²) >= 11 is 10.2. The van der Waals surface area contributed by atoms with Crippen LogP contribution in [0.15, 0.2) is 31.7 Å². The Hall–Kier alpha value is -1.06. The molecule has 2 aromatic rings. The summed E-state index contributed by atoms with van der Waals surface area (Å²) in [5.41, 5.74) is 6.61. The van der Waals surface area contributed by atoms with Gasteiger partial charge in [-0.1, -0.05) is 15.9 Å². The van der Waals surface area contributed by atoms with Crippen molar-refractivity contribution in [2.24, 2.45) is 0 Å². The maximum Gasteiger partial charge on any atom is 0.513 e. The number of halogens is 3. The minimum absolute atomic E-state index is 0.124. The molecular weight excluding hydrogens is 462 g/mol. The van der Waals surface area contributed by atoms with Crippen LogP contribution in [-0.2, 0) is 4.74 Å². The van der Waals surface area contributed by atoms with E-state index in [-0.39, 0.29) is 11.6 Å². The van der Waals surface area contributed by atoms with Gasteiger partial charge in [-0.25, -0.2) is 9.48 Å². The minimum Gasteiger partial charge on any atom is -0.437 e. The van der Waals surface area contributed by atoms with Crippen molar-refractivity contribution >= 4 is 59.8 Å². The fourth-order valence-electron chi connectivity index (χ4n) is 1.47. The lowest BCUT2D eigenvalue weighted by Gasteiger charge is -2.10. The normalized spacial score (nSPS) is 10.4. The van der Waals surface area contributed by atoms with Gasteiger partial charge < -0.3 is 15.2 Å². The van der Waals surface area contributed by atoms with E-state index < -0.39 is 6.16 Å². The number of nitrogens with zero attached hydrogens (tertiary/aromatic N) is 2. The molecule has 0 spiro atoms. The number of nitrogens with two attached hydrogens (primary N) is 1. The average molecular weight is 470 g/mol. The fraction of sp³-hybridized carbons (Fsp3) is 0.0909. The molecule has 0 fully saturated rings. The third-order valence-electron chi connectivity index (χ3n) is 2.32. The van der Waals surface area contributed by atoms with Crippen molar-refractivity contribution in [1.82, 2.24) is 9.78 Å². The third-order valence-corrected chi connectivity index (χ3v) is 3.99. The van der Waals surface area contributed by atoms with Crippen LogP contribution >= 0.6 is 47.8 Å². The highest BCUT2D eigenvalue weighted by Crippen LogP contribution is 2.35. The number of benzene rings is 1. The number of nitrogen functional groups attached to an aromatic ring is 1. The van der Waals surface area contributed by atoms with Crippen molar-refractivity contribution in [3.63, 3.8) is 0 Å². The maximum absolute atomic E-state index is 11.1. The number of ether oxygens (including phenoxy) is 2. The molecule has 0 saturated heterocycles. The van der Waals surface area contributed by atoms with E-state index in [0.29, 0.717) is 5.69 Å². The zero-order valence-corrected chi connectivity index (χ0v) is 14.8. The summed E-state index contributed by atoms with van der Waals surface area (Å²) in [5, 5.41) is 4.11. The highest BCUT2D eigenvalue weighted by Gasteiger charge is 2.18. The van der Waals surface area contributed by atoms with E-state index in [9.17, 15) is 4.79 Å². The Morgan fingerprint density at radius 2 is 1.90 bits per heavy atom. The number of rotatable bonds is 2. The van der Waals surface area contributed by atoms with Crippen LogP contribution in [-0.4, -0.2) is 23.0 Å². The van der Waals surface area contributed by atoms with E-state index in [1.54, 1.807) is 0 Å². The predicted molar refractivity (Wildman–Crippen MR) is 84.1 cm³/mol. The molecule has 0 bridgehead atoms. The second kappa shape index (κ2) is 6.15. The topological polar surface area (TPSA) is 79.4 Å². The largest absolute Gasteiger partial charge is 0.513 e. The van der Waals surface area contributed by atoms with Crippen molar-refractivity contribution in [2.75, 3.05) is 12.8 Å². The molecule has 0 radical (unpaired) electrons. The molecule has 0 aliphatic heterocycles. The second-order valence-electron chi connectivity index (χ2n) is 3.58. The van der Waals surface area contributed by atoms with Crippen molar-refractivity contribution in [1.29, 1.82) is 0 Å². The molecule has 0 aliphatic carbocycles. The minimum atomic E-state index is -0.856. The molecule has 1 aromatic heterocycles. The predicted octanol–water partition coefficient (Wildman–Crippen LogP) is 3.89. The standard InChI is InChI=1S/C11H8Br3N3O3/c1-19-11(18)20-8-4-16-17(10(8)15)9-6(13)2-5(12)3-7(9)14/h2-4H,15H2,1H3. The van der Waals surface area contributed by atoms with E-state index >= 15 is 0 Å². The average Bonchev–Trinajstić information content (AvgIpc) is 2.70. The van der Waals surface area contributed by atoms with Gasteiger partial charge in [0, 0.05) is 13.4 Å². The van der Waals surface area contributed by atoms with Crippen LogP contribution in [0.25, 0.3) is 5.69 Å². The monoisotopic (exact) mass is 467 g/mol. The van der Waals surface area contributed by atoms with Crippen LogP contribution in [0.3, 0.4) is 0 Å². The first kappa shape index (κ1) is 15.3. The molecule has 0 amide bonds. The van der Waals surface area contributed by atoms with Gasteiger partial charge in [0.1, 0.15) is 0 Å². The van der Waals surface area contributed by atoms with Crippen molar-refractivity contribution in [3.05, 3.63) is 31.7 Å². The van der Waals surface area contributed by atoms with E-state index in [1.807, 2.05) is 12.1 Å². The number of hydrogen-bond donors (Lipinski definition) is 1. The maximum atomic E-state index is 11.1. The summed E-state index contributed by atoms with van der Waals surface area (Å²) in [6.45, 7) is 0. The summed E-state index contributed by atoms with van der Waals surface area (Å²) in [7, 11) is 1.21.